The van der Waals surface area contributed by atoms with Crippen LogP contribution in [0.2, 0.25) is 0 Å². The molecule has 6 heteroatoms. The van der Waals surface area contributed by atoms with Crippen LogP contribution in [0.1, 0.15) is 62.0 Å². The SMILES string of the molecule is CCC(CCNC)CN(C(=O)C1CCC(C)CC1)c1cc(-c2ccccc2)sc1C(=O)O. The molecule has 1 saturated carbocycles. The molecule has 1 aromatic carbocycles. The van der Waals surface area contributed by atoms with Gasteiger partial charge in [0.2, 0.25) is 5.91 Å². The number of carbonyl (C=O) groups excluding carboxylic acids is 1. The zero-order valence-electron chi connectivity index (χ0n) is 19.5. The fourth-order valence-corrected chi connectivity index (χ4v) is 5.55. The number of nitrogens with one attached hydrogen (secondary N) is 1. The van der Waals surface area contributed by atoms with Crippen LogP contribution in [0.15, 0.2) is 36.4 Å². The van der Waals surface area contributed by atoms with Gasteiger partial charge in [0.15, 0.2) is 0 Å². The van der Waals surface area contributed by atoms with E-state index in [1.54, 1.807) is 0 Å². The zero-order chi connectivity index (χ0) is 23.1. The Bertz CT molecular complexity index is 888. The van der Waals surface area contributed by atoms with Crippen molar-refractivity contribution in [1.82, 2.24) is 5.32 Å². The lowest BCUT2D eigenvalue weighted by atomic mass is 9.82. The van der Waals surface area contributed by atoms with Gasteiger partial charge >= 0.3 is 5.97 Å². The van der Waals surface area contributed by atoms with Crippen LogP contribution in [0.5, 0.6) is 0 Å². The van der Waals surface area contributed by atoms with Crippen molar-refractivity contribution >= 4 is 28.9 Å². The molecule has 5 nitrogen and oxygen atoms in total. The molecule has 1 fully saturated rings. The number of thiophene rings is 1. The molecule has 1 amide bonds. The molecule has 0 spiro atoms. The summed E-state index contributed by atoms with van der Waals surface area (Å²) < 4.78 is 0. The van der Waals surface area contributed by atoms with Crippen LogP contribution in [-0.2, 0) is 4.79 Å². The molecule has 0 radical (unpaired) electrons. The maximum absolute atomic E-state index is 13.8. The molecule has 0 aliphatic heterocycles. The first kappa shape index (κ1) is 24.5. The predicted molar refractivity (Wildman–Crippen MR) is 133 cm³/mol. The van der Waals surface area contributed by atoms with Crippen molar-refractivity contribution in [1.29, 1.82) is 0 Å². The Balaban J connectivity index is 1.98. The number of carboxylic acid groups (broad SMARTS) is 1. The van der Waals surface area contributed by atoms with Crippen LogP contribution in [0.3, 0.4) is 0 Å². The summed E-state index contributed by atoms with van der Waals surface area (Å²) in [5.74, 6) is 0.0857. The Labute approximate surface area is 195 Å². The van der Waals surface area contributed by atoms with E-state index < -0.39 is 5.97 Å². The topological polar surface area (TPSA) is 69.6 Å². The van der Waals surface area contributed by atoms with E-state index in [-0.39, 0.29) is 16.7 Å². The average Bonchev–Trinajstić information content (AvgIpc) is 3.25. The number of aromatic carboxylic acids is 1. The second-order valence-corrected chi connectivity index (χ2v) is 10.1. The van der Waals surface area contributed by atoms with Crippen LogP contribution in [0.25, 0.3) is 10.4 Å². The Hall–Kier alpha value is -2.18. The van der Waals surface area contributed by atoms with E-state index in [2.05, 4.69) is 19.2 Å². The number of anilines is 1. The molecule has 1 aliphatic rings. The third-order valence-corrected chi connectivity index (χ3v) is 7.87. The molecule has 1 unspecified atom stereocenters. The maximum atomic E-state index is 13.8. The largest absolute Gasteiger partial charge is 0.477 e. The fourth-order valence-electron chi connectivity index (χ4n) is 4.55. The van der Waals surface area contributed by atoms with E-state index in [0.717, 1.165) is 55.5 Å². The summed E-state index contributed by atoms with van der Waals surface area (Å²) in [4.78, 5) is 28.9. The highest BCUT2D eigenvalue weighted by Crippen LogP contribution is 2.39. The molecule has 1 atom stereocenters. The van der Waals surface area contributed by atoms with Gasteiger partial charge in [0.05, 0.1) is 5.69 Å². The number of rotatable bonds is 10. The van der Waals surface area contributed by atoms with E-state index in [1.807, 2.05) is 48.3 Å². The molecule has 1 aromatic heterocycles. The van der Waals surface area contributed by atoms with Crippen molar-refractivity contribution in [2.75, 3.05) is 25.0 Å². The Morgan fingerprint density at radius 2 is 1.88 bits per heavy atom. The summed E-state index contributed by atoms with van der Waals surface area (Å²) in [6, 6.07) is 11.7. The third kappa shape index (κ3) is 5.99. The van der Waals surface area contributed by atoms with Crippen molar-refractivity contribution in [3.63, 3.8) is 0 Å². The number of carbonyl (C=O) groups is 2. The number of hydrogen-bond acceptors (Lipinski definition) is 4. The lowest BCUT2D eigenvalue weighted by molar-refractivity contribution is -0.123. The normalized spacial score (nSPS) is 19.5. The number of carboxylic acids is 1. The standard InChI is InChI=1S/C26H36N2O3S/c1-4-19(14-15-27-3)17-28(25(29)21-12-10-18(2)11-13-21)22-16-23(32-24(22)26(30)31)20-8-6-5-7-9-20/h5-9,16,18-19,21,27H,4,10-15,17H2,1-3H3,(H,30,31). The van der Waals surface area contributed by atoms with Gasteiger partial charge in [0.1, 0.15) is 4.88 Å². The van der Waals surface area contributed by atoms with Crippen molar-refractivity contribution in [2.45, 2.75) is 52.4 Å². The van der Waals surface area contributed by atoms with E-state index in [0.29, 0.717) is 24.1 Å². The van der Waals surface area contributed by atoms with Crippen molar-refractivity contribution < 1.29 is 14.7 Å². The third-order valence-electron chi connectivity index (χ3n) is 6.71. The Kier molecular flexibility index (Phi) is 8.88. The van der Waals surface area contributed by atoms with Crippen molar-refractivity contribution in [3.8, 4) is 10.4 Å². The van der Waals surface area contributed by atoms with Crippen molar-refractivity contribution in [2.24, 2.45) is 17.8 Å². The summed E-state index contributed by atoms with van der Waals surface area (Å²) in [5, 5.41) is 13.2. The zero-order valence-corrected chi connectivity index (χ0v) is 20.3. The molecule has 2 N–H and O–H groups in total. The molecular weight excluding hydrogens is 420 g/mol. The highest BCUT2D eigenvalue weighted by Gasteiger charge is 2.33. The van der Waals surface area contributed by atoms with Crippen molar-refractivity contribution in [3.05, 3.63) is 41.3 Å². The van der Waals surface area contributed by atoms with Gasteiger partial charge < -0.3 is 15.3 Å². The van der Waals surface area contributed by atoms with Gasteiger partial charge in [-0.2, -0.15) is 0 Å². The second kappa shape index (κ2) is 11.6. The van der Waals surface area contributed by atoms with Gasteiger partial charge in [-0.3, -0.25) is 4.79 Å². The van der Waals surface area contributed by atoms with E-state index in [9.17, 15) is 14.7 Å². The van der Waals surface area contributed by atoms with E-state index >= 15 is 0 Å². The van der Waals surface area contributed by atoms with Crippen LogP contribution >= 0.6 is 11.3 Å². The second-order valence-electron chi connectivity index (χ2n) is 9.07. The van der Waals surface area contributed by atoms with Crippen LogP contribution < -0.4 is 10.2 Å². The van der Waals surface area contributed by atoms with Gasteiger partial charge in [0.25, 0.3) is 0 Å². The molecule has 1 aliphatic carbocycles. The minimum absolute atomic E-state index is 0.0188. The first-order valence-electron chi connectivity index (χ1n) is 11.8. The summed E-state index contributed by atoms with van der Waals surface area (Å²) >= 11 is 1.26. The predicted octanol–water partition coefficient (Wildman–Crippen LogP) is 5.91. The van der Waals surface area contributed by atoms with Gasteiger partial charge in [-0.1, -0.05) is 50.6 Å². The van der Waals surface area contributed by atoms with Crippen LogP contribution in [-0.4, -0.2) is 37.1 Å². The lowest BCUT2D eigenvalue weighted by Crippen LogP contribution is -2.41. The molecule has 0 saturated heterocycles. The first-order valence-corrected chi connectivity index (χ1v) is 12.6. The summed E-state index contributed by atoms with van der Waals surface area (Å²) in [7, 11) is 1.94. The van der Waals surface area contributed by atoms with E-state index in [4.69, 9.17) is 0 Å². The molecule has 1 heterocycles. The quantitative estimate of drug-likeness (QED) is 0.466. The maximum Gasteiger partial charge on any atom is 0.348 e. The summed E-state index contributed by atoms with van der Waals surface area (Å²) in [5.41, 5.74) is 1.54. The molecule has 174 valence electrons. The number of amides is 1. The van der Waals surface area contributed by atoms with Gasteiger partial charge in [-0.25, -0.2) is 4.79 Å². The molecule has 3 rings (SSSR count). The molecular formula is C26H36N2O3S. The highest BCUT2D eigenvalue weighted by atomic mass is 32.1. The van der Waals surface area contributed by atoms with Gasteiger partial charge in [-0.05, 0) is 69.2 Å². The minimum Gasteiger partial charge on any atom is -0.477 e. The number of hydrogen-bond donors (Lipinski definition) is 2. The highest BCUT2D eigenvalue weighted by molar-refractivity contribution is 7.18. The molecule has 2 aromatic rings. The monoisotopic (exact) mass is 456 g/mol. The van der Waals surface area contributed by atoms with Gasteiger partial charge in [-0.15, -0.1) is 11.3 Å². The summed E-state index contributed by atoms with van der Waals surface area (Å²) in [6.45, 7) is 5.84. The minimum atomic E-state index is -0.967. The lowest BCUT2D eigenvalue weighted by Gasteiger charge is -2.33. The summed E-state index contributed by atoms with van der Waals surface area (Å²) in [6.07, 6.45) is 5.81. The molecule has 0 bridgehead atoms. The van der Waals surface area contributed by atoms with Crippen LogP contribution in [0, 0.1) is 17.8 Å². The van der Waals surface area contributed by atoms with Gasteiger partial charge in [0, 0.05) is 17.3 Å². The van der Waals surface area contributed by atoms with Crippen LogP contribution in [0.4, 0.5) is 5.69 Å². The number of benzene rings is 1. The number of nitrogens with zero attached hydrogens (tertiary/aromatic N) is 1. The Morgan fingerprint density at radius 1 is 1.19 bits per heavy atom. The van der Waals surface area contributed by atoms with E-state index in [1.165, 1.54) is 11.3 Å². The fraction of sp³-hybridized carbons (Fsp3) is 0.538. The average molecular weight is 457 g/mol. The Morgan fingerprint density at radius 3 is 2.47 bits per heavy atom. The first-order chi connectivity index (χ1) is 15.4. The smallest absolute Gasteiger partial charge is 0.348 e. The molecule has 32 heavy (non-hydrogen) atoms.